The van der Waals surface area contributed by atoms with E-state index in [1.807, 2.05) is 0 Å². The van der Waals surface area contributed by atoms with Crippen molar-refractivity contribution in [2.45, 2.75) is 20.3 Å². The lowest BCUT2D eigenvalue weighted by atomic mass is 9.98. The number of hydrogen-bond acceptors (Lipinski definition) is 5. The first-order valence-electron chi connectivity index (χ1n) is 6.06. The molecule has 110 valence electrons. The van der Waals surface area contributed by atoms with E-state index in [0.29, 0.717) is 5.56 Å². The van der Waals surface area contributed by atoms with Crippen molar-refractivity contribution in [1.82, 2.24) is 5.32 Å². The zero-order valence-corrected chi connectivity index (χ0v) is 12.5. The van der Waals surface area contributed by atoms with Crippen LogP contribution in [-0.4, -0.2) is 11.6 Å². The van der Waals surface area contributed by atoms with E-state index in [0.717, 1.165) is 5.57 Å². The lowest BCUT2D eigenvalue weighted by molar-refractivity contribution is -0.119. The summed E-state index contributed by atoms with van der Waals surface area (Å²) in [5, 5.41) is 19.3. The predicted molar refractivity (Wildman–Crippen MR) is 82.7 cm³/mol. The molecule has 0 unspecified atom stereocenters. The first kappa shape index (κ1) is 16.5. The maximum absolute atomic E-state index is 12.0. The number of halogens is 1. The largest absolute Gasteiger partial charge is 0.398 e. The van der Waals surface area contributed by atoms with Crippen LogP contribution in [0.4, 0.5) is 5.69 Å². The number of benzene rings is 1. The van der Waals surface area contributed by atoms with Crippen LogP contribution in [0.2, 0.25) is 5.02 Å². The van der Waals surface area contributed by atoms with Crippen molar-refractivity contribution >= 4 is 28.9 Å². The maximum atomic E-state index is 12.0. The van der Waals surface area contributed by atoms with Gasteiger partial charge in [-0.2, -0.15) is 5.26 Å². The lowest BCUT2D eigenvalue weighted by Gasteiger charge is -2.13. The van der Waals surface area contributed by atoms with Crippen LogP contribution in [-0.2, 0) is 11.2 Å². The Morgan fingerprint density at radius 2 is 2.10 bits per heavy atom. The molecule has 0 radical (unpaired) electrons. The topological polar surface area (TPSA) is 129 Å². The standard InChI is InChI=1S/C14H16ClN5O/c1-7(2)14(19)20-12(21)5-8-9(15)3-4-10(17)13(8)11(18)6-16/h3-4,18H,5,17,19H2,1-2H3,(H,20,21). The van der Waals surface area contributed by atoms with Crippen LogP contribution in [0.25, 0.3) is 0 Å². The van der Waals surface area contributed by atoms with Crippen molar-refractivity contribution in [2.75, 3.05) is 5.73 Å². The molecule has 0 spiro atoms. The van der Waals surface area contributed by atoms with Gasteiger partial charge >= 0.3 is 0 Å². The average molecular weight is 306 g/mol. The van der Waals surface area contributed by atoms with E-state index in [4.69, 9.17) is 33.7 Å². The highest BCUT2D eigenvalue weighted by Crippen LogP contribution is 2.26. The molecule has 0 aliphatic rings. The Bertz CT molecular complexity index is 669. The Balaban J connectivity index is 3.17. The number of allylic oxidation sites excluding steroid dienone is 1. The Labute approximate surface area is 127 Å². The highest BCUT2D eigenvalue weighted by atomic mass is 35.5. The Kier molecular flexibility index (Phi) is 5.33. The van der Waals surface area contributed by atoms with Crippen molar-refractivity contribution in [1.29, 1.82) is 10.7 Å². The molecule has 21 heavy (non-hydrogen) atoms. The molecule has 6 N–H and O–H groups in total. The minimum absolute atomic E-state index is 0.128. The van der Waals surface area contributed by atoms with Gasteiger partial charge < -0.3 is 16.8 Å². The smallest absolute Gasteiger partial charge is 0.229 e. The fourth-order valence-electron chi connectivity index (χ4n) is 1.64. The van der Waals surface area contributed by atoms with E-state index in [9.17, 15) is 4.79 Å². The molecule has 6 nitrogen and oxygen atoms in total. The van der Waals surface area contributed by atoms with Crippen LogP contribution in [0.5, 0.6) is 0 Å². The summed E-state index contributed by atoms with van der Waals surface area (Å²) in [7, 11) is 0. The number of carbonyl (C=O) groups excluding carboxylic acids is 1. The molecule has 1 aromatic carbocycles. The molecule has 0 atom stereocenters. The summed E-state index contributed by atoms with van der Waals surface area (Å²) in [6.45, 7) is 3.53. The maximum Gasteiger partial charge on any atom is 0.229 e. The molecular weight excluding hydrogens is 290 g/mol. The van der Waals surface area contributed by atoms with Crippen molar-refractivity contribution in [3.63, 3.8) is 0 Å². The molecule has 0 aromatic heterocycles. The molecule has 7 heteroatoms. The van der Waals surface area contributed by atoms with Gasteiger partial charge in [-0.1, -0.05) is 11.6 Å². The van der Waals surface area contributed by atoms with Crippen LogP contribution >= 0.6 is 11.6 Å². The second-order valence-electron chi connectivity index (χ2n) is 4.62. The first-order chi connectivity index (χ1) is 9.77. The number of nitriles is 1. The fourth-order valence-corrected chi connectivity index (χ4v) is 1.87. The molecule has 0 aliphatic heterocycles. The molecule has 0 fully saturated rings. The zero-order valence-electron chi connectivity index (χ0n) is 11.7. The molecule has 1 rings (SSSR count). The third kappa shape index (κ3) is 3.97. The van der Waals surface area contributed by atoms with Gasteiger partial charge in [0.05, 0.1) is 6.42 Å². The minimum atomic E-state index is -0.395. The highest BCUT2D eigenvalue weighted by molar-refractivity contribution is 6.32. The summed E-state index contributed by atoms with van der Waals surface area (Å²) in [4.78, 5) is 12.0. The Morgan fingerprint density at radius 1 is 1.48 bits per heavy atom. The fraction of sp³-hybridized carbons (Fsp3) is 0.214. The summed E-state index contributed by atoms with van der Waals surface area (Å²) >= 11 is 6.06. The van der Waals surface area contributed by atoms with Gasteiger partial charge in [0, 0.05) is 16.3 Å². The summed E-state index contributed by atoms with van der Waals surface area (Å²) < 4.78 is 0. The number of amides is 1. The van der Waals surface area contributed by atoms with Crippen LogP contribution < -0.4 is 16.8 Å². The van der Waals surface area contributed by atoms with Gasteiger partial charge in [-0.05, 0) is 37.1 Å². The molecule has 0 heterocycles. The zero-order chi connectivity index (χ0) is 16.2. The molecule has 1 amide bonds. The van der Waals surface area contributed by atoms with Gasteiger partial charge in [-0.3, -0.25) is 10.2 Å². The average Bonchev–Trinajstić information content (AvgIpc) is 2.42. The predicted octanol–water partition coefficient (Wildman–Crippen LogP) is 1.68. The monoisotopic (exact) mass is 305 g/mol. The molecule has 0 bridgehead atoms. The number of nitrogens with one attached hydrogen (secondary N) is 2. The number of hydrogen-bond donors (Lipinski definition) is 4. The minimum Gasteiger partial charge on any atom is -0.398 e. The van der Waals surface area contributed by atoms with Crippen LogP contribution in [0.1, 0.15) is 25.0 Å². The van der Waals surface area contributed by atoms with E-state index >= 15 is 0 Å². The summed E-state index contributed by atoms with van der Waals surface area (Å²) in [5.41, 5.74) is 12.6. The van der Waals surface area contributed by atoms with Crippen LogP contribution in [0.15, 0.2) is 23.5 Å². The quantitative estimate of drug-likeness (QED) is 0.498. The van der Waals surface area contributed by atoms with Crippen LogP contribution in [0.3, 0.4) is 0 Å². The third-order valence-electron chi connectivity index (χ3n) is 2.80. The number of nitrogens with two attached hydrogens (primary N) is 2. The number of nitrogen functional groups attached to an aromatic ring is 1. The van der Waals surface area contributed by atoms with Crippen molar-refractivity contribution < 1.29 is 4.79 Å². The first-order valence-corrected chi connectivity index (χ1v) is 6.44. The van der Waals surface area contributed by atoms with E-state index in [1.165, 1.54) is 12.1 Å². The van der Waals surface area contributed by atoms with Gasteiger partial charge in [-0.25, -0.2) is 0 Å². The molecule has 1 aromatic rings. The Hall–Kier alpha value is -2.52. The second kappa shape index (κ2) is 6.77. The highest BCUT2D eigenvalue weighted by Gasteiger charge is 2.18. The van der Waals surface area contributed by atoms with E-state index in [1.54, 1.807) is 19.9 Å². The molecule has 0 saturated heterocycles. The normalized spacial score (nSPS) is 9.62. The van der Waals surface area contributed by atoms with Gasteiger partial charge in [-0.15, -0.1) is 0 Å². The third-order valence-corrected chi connectivity index (χ3v) is 3.15. The van der Waals surface area contributed by atoms with Gasteiger partial charge in [0.1, 0.15) is 17.6 Å². The van der Waals surface area contributed by atoms with Crippen molar-refractivity contribution in [3.05, 3.63) is 39.7 Å². The van der Waals surface area contributed by atoms with Crippen molar-refractivity contribution in [2.24, 2.45) is 5.73 Å². The van der Waals surface area contributed by atoms with E-state index < -0.39 is 5.91 Å². The number of rotatable bonds is 4. The summed E-state index contributed by atoms with van der Waals surface area (Å²) in [5.74, 6) is -0.134. The van der Waals surface area contributed by atoms with E-state index in [-0.39, 0.29) is 34.2 Å². The summed E-state index contributed by atoms with van der Waals surface area (Å²) in [6.07, 6.45) is -0.128. The Morgan fingerprint density at radius 3 is 2.62 bits per heavy atom. The van der Waals surface area contributed by atoms with Gasteiger partial charge in [0.2, 0.25) is 5.91 Å². The van der Waals surface area contributed by atoms with Crippen LogP contribution in [0, 0.1) is 16.7 Å². The molecule has 0 saturated carbocycles. The van der Waals surface area contributed by atoms with E-state index in [2.05, 4.69) is 5.32 Å². The summed E-state index contributed by atoms with van der Waals surface area (Å²) in [6, 6.07) is 4.72. The van der Waals surface area contributed by atoms with Crippen molar-refractivity contribution in [3.8, 4) is 6.07 Å². The number of nitrogens with zero attached hydrogens (tertiary/aromatic N) is 1. The number of carbonyl (C=O) groups is 1. The SMILES string of the molecule is CC(C)=C(N)NC(=O)Cc1c(Cl)ccc(N)c1C(=N)C#N. The lowest BCUT2D eigenvalue weighted by Crippen LogP contribution is -2.30. The van der Waals surface area contributed by atoms with Gasteiger partial charge in [0.15, 0.2) is 0 Å². The molecule has 0 aliphatic carbocycles. The molecular formula is C14H16ClN5O. The van der Waals surface area contributed by atoms with Gasteiger partial charge in [0.25, 0.3) is 0 Å². The second-order valence-corrected chi connectivity index (χ2v) is 5.02. The number of anilines is 1.